The zero-order valence-corrected chi connectivity index (χ0v) is 13.3. The Morgan fingerprint density at radius 2 is 1.57 bits per heavy atom. The van der Waals surface area contributed by atoms with Crippen LogP contribution in [0.1, 0.15) is 36.5 Å². The third kappa shape index (κ3) is 5.03. The highest BCUT2D eigenvalue weighted by atomic mass is 16.5. The lowest BCUT2D eigenvalue weighted by molar-refractivity contribution is 0.373. The van der Waals surface area contributed by atoms with Crippen molar-refractivity contribution in [2.45, 2.75) is 33.6 Å². The van der Waals surface area contributed by atoms with Crippen LogP contribution in [0.3, 0.4) is 0 Å². The molecule has 0 heterocycles. The Balaban J connectivity index is 0.000000211. The largest absolute Gasteiger partial charge is 0.508 e. The highest BCUT2D eigenvalue weighted by Crippen LogP contribution is 2.25. The molecule has 114 valence electrons. The van der Waals surface area contributed by atoms with Crippen LogP contribution in [0.25, 0.3) is 0 Å². The van der Waals surface area contributed by atoms with E-state index in [-0.39, 0.29) is 5.75 Å². The molecule has 21 heavy (non-hydrogen) atoms. The lowest BCUT2D eigenvalue weighted by atomic mass is 10.0. The third-order valence-corrected chi connectivity index (χ3v) is 3.24. The van der Waals surface area contributed by atoms with E-state index in [0.717, 1.165) is 11.1 Å². The molecule has 0 aliphatic rings. The number of aromatic hydroxyl groups is 2. The molecule has 0 bridgehead atoms. The first-order valence-corrected chi connectivity index (χ1v) is 6.98. The first-order valence-electron chi connectivity index (χ1n) is 6.98. The number of benzene rings is 2. The van der Waals surface area contributed by atoms with Gasteiger partial charge in [0.05, 0.1) is 7.11 Å². The summed E-state index contributed by atoms with van der Waals surface area (Å²) in [7, 11) is 1.54. The summed E-state index contributed by atoms with van der Waals surface area (Å²) in [6.45, 7) is 8.08. The van der Waals surface area contributed by atoms with Crippen LogP contribution in [-0.4, -0.2) is 17.3 Å². The summed E-state index contributed by atoms with van der Waals surface area (Å²) >= 11 is 0. The SMILES string of the molecule is COc1cc(C)ccc1O.Cc1ccc(C(C)C)cc1O. The van der Waals surface area contributed by atoms with E-state index >= 15 is 0 Å². The van der Waals surface area contributed by atoms with Crippen LogP contribution in [-0.2, 0) is 0 Å². The van der Waals surface area contributed by atoms with E-state index in [4.69, 9.17) is 9.84 Å². The van der Waals surface area contributed by atoms with Crippen molar-refractivity contribution >= 4 is 0 Å². The highest BCUT2D eigenvalue weighted by Gasteiger charge is 2.01. The minimum Gasteiger partial charge on any atom is -0.508 e. The zero-order valence-electron chi connectivity index (χ0n) is 13.3. The fourth-order valence-electron chi connectivity index (χ4n) is 1.77. The molecule has 0 saturated carbocycles. The van der Waals surface area contributed by atoms with Crippen molar-refractivity contribution in [1.82, 2.24) is 0 Å². The zero-order chi connectivity index (χ0) is 16.0. The molecule has 0 unspecified atom stereocenters. The molecule has 2 N–H and O–H groups in total. The first kappa shape index (κ1) is 16.9. The van der Waals surface area contributed by atoms with Crippen molar-refractivity contribution in [2.24, 2.45) is 0 Å². The summed E-state index contributed by atoms with van der Waals surface area (Å²) in [5, 5.41) is 18.5. The molecule has 0 aliphatic carbocycles. The van der Waals surface area contributed by atoms with Crippen molar-refractivity contribution in [1.29, 1.82) is 0 Å². The highest BCUT2D eigenvalue weighted by molar-refractivity contribution is 5.41. The van der Waals surface area contributed by atoms with Crippen LogP contribution in [0.15, 0.2) is 36.4 Å². The monoisotopic (exact) mass is 288 g/mol. The number of phenolic OH excluding ortho intramolecular Hbond substituents is 2. The number of hydrogen-bond donors (Lipinski definition) is 2. The molecular weight excluding hydrogens is 264 g/mol. The van der Waals surface area contributed by atoms with Crippen LogP contribution >= 0.6 is 0 Å². The van der Waals surface area contributed by atoms with E-state index in [1.54, 1.807) is 12.1 Å². The Bertz CT molecular complexity index is 589. The Labute approximate surface area is 126 Å². The Morgan fingerprint density at radius 3 is 2.05 bits per heavy atom. The predicted octanol–water partition coefficient (Wildman–Crippen LogP) is 4.53. The Morgan fingerprint density at radius 1 is 0.905 bits per heavy atom. The van der Waals surface area contributed by atoms with Gasteiger partial charge in [0, 0.05) is 0 Å². The molecule has 0 radical (unpaired) electrons. The van der Waals surface area contributed by atoms with Gasteiger partial charge in [0.1, 0.15) is 5.75 Å². The minimum atomic E-state index is 0.188. The van der Waals surface area contributed by atoms with E-state index in [1.807, 2.05) is 32.0 Å². The van der Waals surface area contributed by atoms with E-state index in [0.29, 0.717) is 17.4 Å². The summed E-state index contributed by atoms with van der Waals surface area (Å²) in [6, 6.07) is 11.1. The molecule has 0 atom stereocenters. The summed E-state index contributed by atoms with van der Waals surface area (Å²) in [5.41, 5.74) is 3.21. The Hall–Kier alpha value is -2.16. The lowest BCUT2D eigenvalue weighted by Crippen LogP contribution is -1.86. The average Bonchev–Trinajstić information content (AvgIpc) is 2.45. The van der Waals surface area contributed by atoms with Gasteiger partial charge in [0.2, 0.25) is 0 Å². The maximum atomic E-state index is 9.35. The third-order valence-electron chi connectivity index (χ3n) is 3.24. The average molecular weight is 288 g/mol. The minimum absolute atomic E-state index is 0.188. The van der Waals surface area contributed by atoms with Crippen LogP contribution in [0.4, 0.5) is 0 Å². The predicted molar refractivity (Wildman–Crippen MR) is 86.3 cm³/mol. The molecule has 2 rings (SSSR count). The summed E-state index contributed by atoms with van der Waals surface area (Å²) in [4.78, 5) is 0. The summed E-state index contributed by atoms with van der Waals surface area (Å²) < 4.78 is 4.88. The van der Waals surface area contributed by atoms with Gasteiger partial charge in [0.15, 0.2) is 11.5 Å². The van der Waals surface area contributed by atoms with Crippen molar-refractivity contribution < 1.29 is 14.9 Å². The molecule has 2 aromatic carbocycles. The van der Waals surface area contributed by atoms with Crippen molar-refractivity contribution in [3.05, 3.63) is 53.1 Å². The second-order valence-corrected chi connectivity index (χ2v) is 5.38. The smallest absolute Gasteiger partial charge is 0.160 e. The van der Waals surface area contributed by atoms with Gasteiger partial charge in [-0.2, -0.15) is 0 Å². The number of phenols is 2. The summed E-state index contributed by atoms with van der Waals surface area (Å²) in [6.07, 6.45) is 0. The van der Waals surface area contributed by atoms with Gasteiger partial charge in [-0.15, -0.1) is 0 Å². The topological polar surface area (TPSA) is 49.7 Å². The molecule has 3 nitrogen and oxygen atoms in total. The number of aryl methyl sites for hydroxylation is 2. The van der Waals surface area contributed by atoms with Crippen molar-refractivity contribution in [3.63, 3.8) is 0 Å². The van der Waals surface area contributed by atoms with Gasteiger partial charge in [-0.25, -0.2) is 0 Å². The van der Waals surface area contributed by atoms with E-state index in [2.05, 4.69) is 19.9 Å². The fourth-order valence-corrected chi connectivity index (χ4v) is 1.77. The van der Waals surface area contributed by atoms with Crippen molar-refractivity contribution in [3.8, 4) is 17.2 Å². The maximum Gasteiger partial charge on any atom is 0.160 e. The van der Waals surface area contributed by atoms with Crippen LogP contribution in [0.2, 0.25) is 0 Å². The van der Waals surface area contributed by atoms with Gasteiger partial charge < -0.3 is 14.9 Å². The normalized spacial score (nSPS) is 10.0. The number of methoxy groups -OCH3 is 1. The number of rotatable bonds is 2. The van der Waals surface area contributed by atoms with Gasteiger partial charge in [-0.3, -0.25) is 0 Å². The molecule has 0 saturated heterocycles. The molecule has 0 aliphatic heterocycles. The Kier molecular flexibility index (Phi) is 6.10. The second-order valence-electron chi connectivity index (χ2n) is 5.38. The lowest BCUT2D eigenvalue weighted by Gasteiger charge is -2.06. The molecule has 0 fully saturated rings. The molecule has 0 amide bonds. The van der Waals surface area contributed by atoms with Crippen LogP contribution in [0.5, 0.6) is 17.2 Å². The molecule has 0 aromatic heterocycles. The van der Waals surface area contributed by atoms with Gasteiger partial charge >= 0.3 is 0 Å². The quantitative estimate of drug-likeness (QED) is 0.853. The van der Waals surface area contributed by atoms with Gasteiger partial charge in [0.25, 0.3) is 0 Å². The first-order chi connectivity index (χ1) is 9.85. The number of ether oxygens (including phenoxy) is 1. The van der Waals surface area contributed by atoms with Crippen LogP contribution in [0, 0.1) is 13.8 Å². The standard InChI is InChI=1S/C10H14O.C8H10O2/c1-7(2)9-5-4-8(3)10(11)6-9;1-6-3-4-7(9)8(5-6)10-2/h4-7,11H,1-3H3;3-5,9H,1-2H3. The van der Waals surface area contributed by atoms with Gasteiger partial charge in [-0.05, 0) is 54.7 Å². The number of hydrogen-bond acceptors (Lipinski definition) is 3. The second kappa shape index (κ2) is 7.58. The van der Waals surface area contributed by atoms with Crippen molar-refractivity contribution in [2.75, 3.05) is 7.11 Å². The van der Waals surface area contributed by atoms with E-state index in [9.17, 15) is 5.11 Å². The van der Waals surface area contributed by atoms with Gasteiger partial charge in [-0.1, -0.05) is 32.0 Å². The molecular formula is C18H24O3. The summed E-state index contributed by atoms with van der Waals surface area (Å²) in [5.74, 6) is 1.60. The molecule has 3 heteroatoms. The molecule has 2 aromatic rings. The van der Waals surface area contributed by atoms with Crippen LogP contribution < -0.4 is 4.74 Å². The van der Waals surface area contributed by atoms with E-state index < -0.39 is 0 Å². The fraction of sp³-hybridized carbons (Fsp3) is 0.333. The molecule has 0 spiro atoms. The van der Waals surface area contributed by atoms with E-state index in [1.165, 1.54) is 12.7 Å². The maximum absolute atomic E-state index is 9.35.